The van der Waals surface area contributed by atoms with Crippen molar-refractivity contribution in [3.63, 3.8) is 0 Å². The van der Waals surface area contributed by atoms with Gasteiger partial charge in [-0.2, -0.15) is 0 Å². The van der Waals surface area contributed by atoms with Gasteiger partial charge in [0.1, 0.15) is 0 Å². The average Bonchev–Trinajstić information content (AvgIpc) is 3.46. The molecule has 1 aliphatic rings. The van der Waals surface area contributed by atoms with Crippen LogP contribution in [-0.2, 0) is 0 Å². The van der Waals surface area contributed by atoms with Crippen molar-refractivity contribution in [3.05, 3.63) is 181 Å². The summed E-state index contributed by atoms with van der Waals surface area (Å²) in [6, 6.07) is 55.4. The Morgan fingerprint density at radius 3 is 1.76 bits per heavy atom. The number of benzene rings is 7. The van der Waals surface area contributed by atoms with Crippen LogP contribution in [-0.4, -0.2) is 4.57 Å². The van der Waals surface area contributed by atoms with E-state index in [9.17, 15) is 0 Å². The van der Waals surface area contributed by atoms with Gasteiger partial charge in [-0.15, -0.1) is 0 Å². The van der Waals surface area contributed by atoms with Gasteiger partial charge in [-0.3, -0.25) is 0 Å². The summed E-state index contributed by atoms with van der Waals surface area (Å²) in [6.07, 6.45) is 7.20. The lowest BCUT2D eigenvalue weighted by Crippen LogP contribution is -2.11. The molecule has 0 bridgehead atoms. The molecule has 0 radical (unpaired) electrons. The molecule has 0 spiro atoms. The molecule has 1 heteroatoms. The standard InChI is InChI=1S/C45H33N/c1-30-27-28-32(31-15-4-2-5-16-31)29-40(30)44-36-21-10-8-19-34(36)43(35-20-9-11-22-37(35)44)39-24-14-26-42-45(39)38-23-12-13-25-41(38)46(42)33-17-6-3-7-18-33/h2-30,40H,1H3. The van der Waals surface area contributed by atoms with Crippen molar-refractivity contribution in [2.75, 3.05) is 0 Å². The van der Waals surface area contributed by atoms with Crippen LogP contribution in [0.25, 0.3) is 65.7 Å². The molecule has 2 atom stereocenters. The summed E-state index contributed by atoms with van der Waals surface area (Å²) in [5.74, 6) is 0.622. The van der Waals surface area contributed by atoms with Crippen LogP contribution in [0, 0.1) is 5.92 Å². The van der Waals surface area contributed by atoms with Crippen molar-refractivity contribution < 1.29 is 0 Å². The van der Waals surface area contributed by atoms with E-state index in [2.05, 4.69) is 181 Å². The Kier molecular flexibility index (Phi) is 6.24. The molecular formula is C45H33N. The van der Waals surface area contributed by atoms with E-state index in [1.165, 1.54) is 76.9 Å². The van der Waals surface area contributed by atoms with Crippen molar-refractivity contribution in [2.24, 2.45) is 5.92 Å². The van der Waals surface area contributed by atoms with E-state index < -0.39 is 0 Å². The summed E-state index contributed by atoms with van der Waals surface area (Å²) in [6.45, 7) is 2.36. The highest BCUT2D eigenvalue weighted by Gasteiger charge is 2.26. The summed E-state index contributed by atoms with van der Waals surface area (Å²) in [4.78, 5) is 0. The van der Waals surface area contributed by atoms with E-state index in [1.807, 2.05) is 0 Å². The molecule has 0 amide bonds. The summed E-state index contributed by atoms with van der Waals surface area (Å²) < 4.78 is 2.42. The zero-order valence-electron chi connectivity index (χ0n) is 25.8. The Morgan fingerprint density at radius 2 is 1.07 bits per heavy atom. The second-order valence-electron chi connectivity index (χ2n) is 12.5. The van der Waals surface area contributed by atoms with Crippen molar-refractivity contribution in [2.45, 2.75) is 12.8 Å². The molecule has 1 aliphatic carbocycles. The minimum atomic E-state index is 0.250. The smallest absolute Gasteiger partial charge is 0.0547 e. The first-order valence-corrected chi connectivity index (χ1v) is 16.2. The molecule has 0 saturated carbocycles. The van der Waals surface area contributed by atoms with Gasteiger partial charge in [-0.25, -0.2) is 0 Å². The highest BCUT2D eigenvalue weighted by Crippen LogP contribution is 2.48. The molecule has 0 aliphatic heterocycles. The van der Waals surface area contributed by atoms with E-state index in [4.69, 9.17) is 0 Å². The molecule has 1 aromatic heterocycles. The summed E-state index contributed by atoms with van der Waals surface area (Å²) >= 11 is 0. The quantitative estimate of drug-likeness (QED) is 0.181. The fourth-order valence-electron chi connectivity index (χ4n) is 7.84. The topological polar surface area (TPSA) is 4.93 Å². The van der Waals surface area contributed by atoms with E-state index >= 15 is 0 Å². The van der Waals surface area contributed by atoms with Crippen molar-refractivity contribution in [1.82, 2.24) is 4.57 Å². The molecule has 8 aromatic rings. The number of rotatable bonds is 4. The number of allylic oxidation sites excluding steroid dienone is 4. The zero-order valence-corrected chi connectivity index (χ0v) is 25.8. The molecule has 2 unspecified atom stereocenters. The summed E-state index contributed by atoms with van der Waals surface area (Å²) in [5, 5.41) is 7.83. The van der Waals surface area contributed by atoms with Crippen LogP contribution in [0.15, 0.2) is 170 Å². The van der Waals surface area contributed by atoms with Crippen LogP contribution in [0.1, 0.15) is 24.0 Å². The highest BCUT2D eigenvalue weighted by molar-refractivity contribution is 6.23. The number of nitrogens with zero attached hydrogens (tertiary/aromatic N) is 1. The Labute approximate surface area is 269 Å². The lowest BCUT2D eigenvalue weighted by Gasteiger charge is -2.28. The molecule has 218 valence electrons. The van der Waals surface area contributed by atoms with Crippen LogP contribution in [0.4, 0.5) is 0 Å². The van der Waals surface area contributed by atoms with Crippen LogP contribution in [0.2, 0.25) is 0 Å². The maximum absolute atomic E-state index is 2.50. The van der Waals surface area contributed by atoms with Crippen molar-refractivity contribution in [1.29, 1.82) is 0 Å². The normalized spacial score (nSPS) is 16.4. The fraction of sp³-hybridized carbons (Fsp3) is 0.0667. The minimum Gasteiger partial charge on any atom is -0.309 e. The molecule has 0 N–H and O–H groups in total. The van der Waals surface area contributed by atoms with Gasteiger partial charge in [0, 0.05) is 22.4 Å². The second kappa shape index (κ2) is 10.8. The Balaban J connectivity index is 1.37. The number of para-hydroxylation sites is 2. The molecule has 9 rings (SSSR count). The first-order valence-electron chi connectivity index (χ1n) is 16.2. The van der Waals surface area contributed by atoms with Gasteiger partial charge in [-0.1, -0.05) is 153 Å². The number of fused-ring (bicyclic) bond motifs is 5. The molecular weight excluding hydrogens is 555 g/mol. The van der Waals surface area contributed by atoms with Gasteiger partial charge in [-0.05, 0) is 79.6 Å². The molecule has 46 heavy (non-hydrogen) atoms. The van der Waals surface area contributed by atoms with Crippen molar-refractivity contribution >= 4 is 48.9 Å². The van der Waals surface area contributed by atoms with Gasteiger partial charge in [0.15, 0.2) is 0 Å². The second-order valence-corrected chi connectivity index (χ2v) is 12.5. The van der Waals surface area contributed by atoms with Crippen LogP contribution in [0.5, 0.6) is 0 Å². The van der Waals surface area contributed by atoms with Gasteiger partial charge in [0.25, 0.3) is 0 Å². The predicted octanol–water partition coefficient (Wildman–Crippen LogP) is 12.1. The predicted molar refractivity (Wildman–Crippen MR) is 197 cm³/mol. The summed E-state index contributed by atoms with van der Waals surface area (Å²) in [5.41, 5.74) is 10.2. The first-order chi connectivity index (χ1) is 22.8. The zero-order chi connectivity index (χ0) is 30.6. The monoisotopic (exact) mass is 587 g/mol. The third-order valence-corrected chi connectivity index (χ3v) is 9.90. The number of hydrogen-bond acceptors (Lipinski definition) is 0. The van der Waals surface area contributed by atoms with Gasteiger partial charge in [0.05, 0.1) is 11.0 Å². The molecule has 1 heterocycles. The summed E-state index contributed by atoms with van der Waals surface area (Å²) in [7, 11) is 0. The lowest BCUT2D eigenvalue weighted by atomic mass is 9.76. The maximum Gasteiger partial charge on any atom is 0.0547 e. The highest BCUT2D eigenvalue weighted by atomic mass is 15.0. The van der Waals surface area contributed by atoms with E-state index in [1.54, 1.807) is 0 Å². The molecule has 7 aromatic carbocycles. The molecule has 0 saturated heterocycles. The third-order valence-electron chi connectivity index (χ3n) is 9.90. The van der Waals surface area contributed by atoms with E-state index in [0.29, 0.717) is 5.92 Å². The Bertz CT molecular complexity index is 2420. The third kappa shape index (κ3) is 4.09. The van der Waals surface area contributed by atoms with E-state index in [0.717, 1.165) is 0 Å². The molecule has 1 nitrogen and oxygen atoms in total. The minimum absolute atomic E-state index is 0.250. The van der Waals surface area contributed by atoms with Crippen molar-refractivity contribution in [3.8, 4) is 16.8 Å². The Morgan fingerprint density at radius 1 is 0.500 bits per heavy atom. The largest absolute Gasteiger partial charge is 0.309 e. The average molecular weight is 588 g/mol. The fourth-order valence-corrected chi connectivity index (χ4v) is 7.84. The maximum atomic E-state index is 2.50. The van der Waals surface area contributed by atoms with Crippen LogP contribution >= 0.6 is 0 Å². The van der Waals surface area contributed by atoms with Gasteiger partial charge >= 0.3 is 0 Å². The number of aromatic nitrogens is 1. The first kappa shape index (κ1) is 26.7. The van der Waals surface area contributed by atoms with E-state index in [-0.39, 0.29) is 5.92 Å². The van der Waals surface area contributed by atoms with Gasteiger partial charge in [0.2, 0.25) is 0 Å². The SMILES string of the molecule is CC1C=CC(c2ccccc2)=CC1c1c2ccccc2c(-c2cccc3c2c2ccccc2n3-c2ccccc2)c2ccccc12. The van der Waals surface area contributed by atoms with Crippen LogP contribution in [0.3, 0.4) is 0 Å². The van der Waals surface area contributed by atoms with Gasteiger partial charge < -0.3 is 4.57 Å². The van der Waals surface area contributed by atoms with Crippen LogP contribution < -0.4 is 0 Å². The lowest BCUT2D eigenvalue weighted by molar-refractivity contribution is 0.645. The molecule has 0 fully saturated rings. The Hall–Kier alpha value is -5.66. The number of hydrogen-bond donors (Lipinski definition) is 0.